The van der Waals surface area contributed by atoms with Crippen LogP contribution in [0.1, 0.15) is 30.0 Å². The zero-order chi connectivity index (χ0) is 23.3. The molecule has 0 bridgehead atoms. The summed E-state index contributed by atoms with van der Waals surface area (Å²) in [6.45, 7) is 2.58. The Bertz CT molecular complexity index is 1030. The first kappa shape index (κ1) is 23.9. The quantitative estimate of drug-likeness (QED) is 0.321. The Morgan fingerprint density at radius 2 is 1.67 bits per heavy atom. The van der Waals surface area contributed by atoms with E-state index < -0.39 is 0 Å². The highest BCUT2D eigenvalue weighted by molar-refractivity contribution is 5.83. The molecule has 6 heteroatoms. The average molecular weight is 447 g/mol. The van der Waals surface area contributed by atoms with Crippen molar-refractivity contribution in [1.29, 1.82) is 0 Å². The van der Waals surface area contributed by atoms with Crippen LogP contribution >= 0.6 is 0 Å². The number of nitrogens with one attached hydrogen (secondary N) is 1. The second-order valence-corrected chi connectivity index (χ2v) is 7.47. The normalized spacial score (nSPS) is 10.7. The lowest BCUT2D eigenvalue weighted by Crippen LogP contribution is -2.24. The zero-order valence-electron chi connectivity index (χ0n) is 19.1. The molecule has 172 valence electrons. The Kier molecular flexibility index (Phi) is 9.33. The Labute approximate surface area is 195 Å². The monoisotopic (exact) mass is 446 g/mol. The summed E-state index contributed by atoms with van der Waals surface area (Å²) >= 11 is 0. The lowest BCUT2D eigenvalue weighted by Gasteiger charge is -2.11. The predicted molar refractivity (Wildman–Crippen MR) is 130 cm³/mol. The molecule has 0 fully saturated rings. The molecule has 3 aromatic carbocycles. The number of hydrogen-bond acceptors (Lipinski definition) is 5. The van der Waals surface area contributed by atoms with Crippen LogP contribution in [0.15, 0.2) is 77.9 Å². The molecule has 1 N–H and O–H groups in total. The fraction of sp³-hybridized carbons (Fsp3) is 0.259. The van der Waals surface area contributed by atoms with Crippen molar-refractivity contribution < 1.29 is 19.0 Å². The molecule has 0 aliphatic carbocycles. The molecule has 0 atom stereocenters. The van der Waals surface area contributed by atoms with Crippen molar-refractivity contribution in [3.63, 3.8) is 0 Å². The maximum absolute atomic E-state index is 12.0. The molecule has 0 aromatic heterocycles. The Balaban J connectivity index is 1.45. The van der Waals surface area contributed by atoms with E-state index in [0.29, 0.717) is 23.9 Å². The van der Waals surface area contributed by atoms with Crippen molar-refractivity contribution in [2.24, 2.45) is 5.10 Å². The van der Waals surface area contributed by atoms with Crippen molar-refractivity contribution in [2.75, 3.05) is 20.3 Å². The molecule has 0 aliphatic rings. The number of hydrazone groups is 1. The number of ether oxygens (including phenoxy) is 3. The third-order valence-corrected chi connectivity index (χ3v) is 4.91. The van der Waals surface area contributed by atoms with E-state index in [2.05, 4.69) is 29.6 Å². The van der Waals surface area contributed by atoms with E-state index in [0.717, 1.165) is 24.8 Å². The molecule has 0 radical (unpaired) electrons. The van der Waals surface area contributed by atoms with Gasteiger partial charge in [0.2, 0.25) is 0 Å². The zero-order valence-corrected chi connectivity index (χ0v) is 19.1. The van der Waals surface area contributed by atoms with Crippen LogP contribution in [0.5, 0.6) is 17.2 Å². The second kappa shape index (κ2) is 12.9. The van der Waals surface area contributed by atoms with Gasteiger partial charge in [-0.25, -0.2) is 5.43 Å². The average Bonchev–Trinajstić information content (AvgIpc) is 2.85. The van der Waals surface area contributed by atoms with Gasteiger partial charge >= 0.3 is 0 Å². The smallest absolute Gasteiger partial charge is 0.277 e. The number of nitrogens with zero attached hydrogens (tertiary/aromatic N) is 1. The number of carbonyl (C=O) groups excluding carboxylic acids is 1. The molecule has 1 amide bonds. The van der Waals surface area contributed by atoms with E-state index in [9.17, 15) is 4.79 Å². The first-order valence-electron chi connectivity index (χ1n) is 11.1. The van der Waals surface area contributed by atoms with Crippen LogP contribution in [0.4, 0.5) is 0 Å². The minimum absolute atomic E-state index is 0.109. The highest BCUT2D eigenvalue weighted by Crippen LogP contribution is 2.27. The SMILES string of the molecule is CCCc1ccc(OCC(=O)N/N=C/c2ccc(OCCc3ccccc3)c(OC)c2)cc1. The van der Waals surface area contributed by atoms with Crippen molar-refractivity contribution in [3.05, 3.63) is 89.5 Å². The van der Waals surface area contributed by atoms with Crippen LogP contribution in [0, 0.1) is 0 Å². The van der Waals surface area contributed by atoms with Gasteiger partial charge in [-0.05, 0) is 53.4 Å². The van der Waals surface area contributed by atoms with Gasteiger partial charge in [0.25, 0.3) is 5.91 Å². The van der Waals surface area contributed by atoms with Crippen molar-refractivity contribution in [1.82, 2.24) is 5.43 Å². The molecule has 0 unspecified atom stereocenters. The van der Waals surface area contributed by atoms with E-state index in [1.807, 2.05) is 60.7 Å². The minimum atomic E-state index is -0.336. The van der Waals surface area contributed by atoms with Crippen molar-refractivity contribution in [2.45, 2.75) is 26.2 Å². The number of methoxy groups -OCH3 is 1. The Morgan fingerprint density at radius 1 is 0.909 bits per heavy atom. The third kappa shape index (κ3) is 8.00. The van der Waals surface area contributed by atoms with Gasteiger partial charge in [-0.2, -0.15) is 5.10 Å². The summed E-state index contributed by atoms with van der Waals surface area (Å²) in [5, 5.41) is 4.00. The summed E-state index contributed by atoms with van der Waals surface area (Å²) in [7, 11) is 1.59. The maximum atomic E-state index is 12.0. The highest BCUT2D eigenvalue weighted by atomic mass is 16.5. The summed E-state index contributed by atoms with van der Waals surface area (Å²) < 4.78 is 16.8. The first-order chi connectivity index (χ1) is 16.2. The van der Waals surface area contributed by atoms with Crippen LogP contribution in [-0.2, 0) is 17.6 Å². The molecular weight excluding hydrogens is 416 g/mol. The standard InChI is InChI=1S/C27H30N2O4/c1-3-7-21-10-13-24(14-11-21)33-20-27(30)29-28-19-23-12-15-25(26(18-23)31-2)32-17-16-22-8-5-4-6-9-22/h4-6,8-15,18-19H,3,7,16-17,20H2,1-2H3,(H,29,30)/b28-19+. The van der Waals surface area contributed by atoms with Gasteiger partial charge in [-0.15, -0.1) is 0 Å². The van der Waals surface area contributed by atoms with Gasteiger partial charge < -0.3 is 14.2 Å². The summed E-state index contributed by atoms with van der Waals surface area (Å²) in [5.74, 6) is 1.58. The van der Waals surface area contributed by atoms with Crippen LogP contribution in [-0.4, -0.2) is 32.4 Å². The lowest BCUT2D eigenvalue weighted by atomic mass is 10.1. The Hall–Kier alpha value is -3.80. The fourth-order valence-corrected chi connectivity index (χ4v) is 3.21. The van der Waals surface area contributed by atoms with Crippen molar-refractivity contribution >= 4 is 12.1 Å². The van der Waals surface area contributed by atoms with Gasteiger partial charge in [-0.3, -0.25) is 4.79 Å². The van der Waals surface area contributed by atoms with Crippen molar-refractivity contribution in [3.8, 4) is 17.2 Å². The highest BCUT2D eigenvalue weighted by Gasteiger charge is 2.06. The molecular formula is C27H30N2O4. The maximum Gasteiger partial charge on any atom is 0.277 e. The van der Waals surface area contributed by atoms with E-state index in [1.54, 1.807) is 13.3 Å². The molecule has 0 spiro atoms. The molecule has 6 nitrogen and oxygen atoms in total. The topological polar surface area (TPSA) is 69.2 Å². The van der Waals surface area contributed by atoms with Gasteiger partial charge in [-0.1, -0.05) is 55.8 Å². The van der Waals surface area contributed by atoms with E-state index >= 15 is 0 Å². The number of rotatable bonds is 12. The third-order valence-electron chi connectivity index (χ3n) is 4.91. The molecule has 33 heavy (non-hydrogen) atoms. The van der Waals surface area contributed by atoms with E-state index in [1.165, 1.54) is 11.1 Å². The fourth-order valence-electron chi connectivity index (χ4n) is 3.21. The van der Waals surface area contributed by atoms with Gasteiger partial charge in [0.15, 0.2) is 18.1 Å². The van der Waals surface area contributed by atoms with Gasteiger partial charge in [0.1, 0.15) is 5.75 Å². The van der Waals surface area contributed by atoms with Gasteiger partial charge in [0.05, 0.1) is 19.9 Å². The number of carbonyl (C=O) groups is 1. The minimum Gasteiger partial charge on any atom is -0.493 e. The number of benzene rings is 3. The van der Waals surface area contributed by atoms with Crippen LogP contribution in [0.3, 0.4) is 0 Å². The molecule has 3 rings (SSSR count). The summed E-state index contributed by atoms with van der Waals surface area (Å²) in [4.78, 5) is 12.0. The molecule has 0 aliphatic heterocycles. The Morgan fingerprint density at radius 3 is 2.39 bits per heavy atom. The summed E-state index contributed by atoms with van der Waals surface area (Å²) in [5.41, 5.74) is 5.71. The number of aryl methyl sites for hydroxylation is 1. The molecule has 0 saturated carbocycles. The second-order valence-electron chi connectivity index (χ2n) is 7.47. The molecule has 0 heterocycles. The molecule has 3 aromatic rings. The summed E-state index contributed by atoms with van der Waals surface area (Å²) in [6.07, 6.45) is 4.48. The summed E-state index contributed by atoms with van der Waals surface area (Å²) in [6, 6.07) is 23.4. The number of amides is 1. The largest absolute Gasteiger partial charge is 0.493 e. The van der Waals surface area contributed by atoms with Crippen LogP contribution in [0.2, 0.25) is 0 Å². The molecule has 0 saturated heterocycles. The van der Waals surface area contributed by atoms with Gasteiger partial charge in [0, 0.05) is 6.42 Å². The first-order valence-corrected chi connectivity index (χ1v) is 11.1. The van der Waals surface area contributed by atoms with Crippen LogP contribution in [0.25, 0.3) is 0 Å². The predicted octanol–water partition coefficient (Wildman–Crippen LogP) is 4.80. The lowest BCUT2D eigenvalue weighted by molar-refractivity contribution is -0.123. The van der Waals surface area contributed by atoms with E-state index in [4.69, 9.17) is 14.2 Å². The van der Waals surface area contributed by atoms with E-state index in [-0.39, 0.29) is 12.5 Å². The number of hydrogen-bond donors (Lipinski definition) is 1. The van der Waals surface area contributed by atoms with Crippen LogP contribution < -0.4 is 19.6 Å².